The molecule has 2 saturated carbocycles. The molecule has 0 N–H and O–H groups in total. The van der Waals surface area contributed by atoms with Crippen molar-refractivity contribution < 1.29 is 19.2 Å². The lowest BCUT2D eigenvalue weighted by molar-refractivity contribution is -0.143. The summed E-state index contributed by atoms with van der Waals surface area (Å²) in [4.78, 5) is 57.5. The first-order valence-electron chi connectivity index (χ1n) is 12.6. The van der Waals surface area contributed by atoms with Gasteiger partial charge in [0.05, 0.1) is 21.7 Å². The van der Waals surface area contributed by atoms with Gasteiger partial charge in [0.25, 0.3) is 0 Å². The molecule has 0 aromatic carbocycles. The van der Waals surface area contributed by atoms with Crippen molar-refractivity contribution in [3.8, 4) is 0 Å². The first-order valence-corrected chi connectivity index (χ1v) is 12.6. The molecule has 0 unspecified atom stereocenters. The third-order valence-corrected chi connectivity index (χ3v) is 10.3. The molecular weight excluding hydrogens is 404 g/mol. The third kappa shape index (κ3) is 1.71. The maximum absolute atomic E-state index is 13.7. The summed E-state index contributed by atoms with van der Waals surface area (Å²) in [5.41, 5.74) is -0.332. The highest BCUT2D eigenvalue weighted by Crippen LogP contribution is 2.71. The fourth-order valence-electron chi connectivity index (χ4n) is 8.96. The van der Waals surface area contributed by atoms with Crippen LogP contribution in [0.25, 0.3) is 0 Å². The molecule has 0 radical (unpaired) electrons. The largest absolute Gasteiger partial charge is 0.281 e. The van der Waals surface area contributed by atoms with Crippen molar-refractivity contribution in [2.45, 2.75) is 77.0 Å². The van der Waals surface area contributed by atoms with Crippen molar-refractivity contribution in [3.05, 3.63) is 23.3 Å². The average Bonchev–Trinajstić information content (AvgIpc) is 3.01. The van der Waals surface area contributed by atoms with Crippen LogP contribution in [0.3, 0.4) is 0 Å². The molecule has 3 heterocycles. The van der Waals surface area contributed by atoms with E-state index in [-0.39, 0.29) is 23.6 Å². The highest BCUT2D eigenvalue weighted by atomic mass is 16.2. The minimum absolute atomic E-state index is 0.0186. The molecule has 5 fully saturated rings. The van der Waals surface area contributed by atoms with Crippen LogP contribution in [0, 0.1) is 21.7 Å². The molecule has 7 aliphatic rings. The Morgan fingerprint density at radius 3 is 1.38 bits per heavy atom. The molecule has 4 aliphatic carbocycles. The van der Waals surface area contributed by atoms with Crippen LogP contribution in [0.2, 0.25) is 0 Å². The Morgan fingerprint density at radius 2 is 0.938 bits per heavy atom. The second-order valence-electron chi connectivity index (χ2n) is 11.2. The van der Waals surface area contributed by atoms with Gasteiger partial charge >= 0.3 is 0 Å². The number of imide groups is 2. The number of fused-ring (bicyclic) bond motifs is 2. The highest BCUT2D eigenvalue weighted by Gasteiger charge is 2.76. The lowest BCUT2D eigenvalue weighted by Gasteiger charge is -2.53. The number of carbonyl (C=O) groups excluding carboxylic acids is 4. The van der Waals surface area contributed by atoms with E-state index in [4.69, 9.17) is 0 Å². The maximum Gasteiger partial charge on any atom is 0.240 e. The molecule has 7 rings (SSSR count). The van der Waals surface area contributed by atoms with Crippen LogP contribution in [0.15, 0.2) is 23.3 Å². The van der Waals surface area contributed by atoms with E-state index in [1.54, 1.807) is 9.80 Å². The predicted octanol–water partition coefficient (Wildman–Crippen LogP) is 3.27. The van der Waals surface area contributed by atoms with E-state index in [1.165, 1.54) is 0 Å². The van der Waals surface area contributed by atoms with E-state index in [2.05, 4.69) is 12.2 Å². The summed E-state index contributed by atoms with van der Waals surface area (Å²) in [6.07, 6.45) is 13.9. The summed E-state index contributed by atoms with van der Waals surface area (Å²) in [6.45, 7) is 0.850. The van der Waals surface area contributed by atoms with Gasteiger partial charge in [-0.3, -0.25) is 29.0 Å². The number of rotatable bonds is 0. The van der Waals surface area contributed by atoms with Gasteiger partial charge in [-0.05, 0) is 51.4 Å². The Hall–Kier alpha value is -2.24. The SMILES string of the molecule is O=C1N2CCCC3=C[C@]45CCCC[C@]34C(=O)N(CCCC3=C[C@@]4(CCCC[C@]134)C2=O)C5=O. The van der Waals surface area contributed by atoms with Crippen LogP contribution in [0.5, 0.6) is 0 Å². The number of amides is 4. The van der Waals surface area contributed by atoms with E-state index >= 15 is 0 Å². The number of hydrogen-bond donors (Lipinski definition) is 0. The second kappa shape index (κ2) is 5.81. The number of nitrogens with zero attached hydrogens (tertiary/aromatic N) is 2. The van der Waals surface area contributed by atoms with E-state index in [0.29, 0.717) is 38.8 Å². The number of carbonyl (C=O) groups is 4. The zero-order chi connectivity index (χ0) is 21.9. The van der Waals surface area contributed by atoms with Crippen LogP contribution < -0.4 is 0 Å². The molecule has 4 amide bonds. The fraction of sp³-hybridized carbons (Fsp3) is 0.692. The van der Waals surface area contributed by atoms with Crippen LogP contribution in [0.1, 0.15) is 77.0 Å². The lowest BCUT2D eigenvalue weighted by atomic mass is 9.46. The summed E-state index contributed by atoms with van der Waals surface area (Å²) < 4.78 is 0. The average molecular weight is 435 g/mol. The summed E-state index contributed by atoms with van der Waals surface area (Å²) in [5, 5.41) is 0. The maximum atomic E-state index is 13.7. The van der Waals surface area contributed by atoms with Crippen molar-refractivity contribution >= 4 is 23.6 Å². The first-order chi connectivity index (χ1) is 15.4. The molecule has 4 atom stereocenters. The highest BCUT2D eigenvalue weighted by molar-refractivity contribution is 6.16. The van der Waals surface area contributed by atoms with Crippen LogP contribution in [0.4, 0.5) is 0 Å². The fourth-order valence-corrected chi connectivity index (χ4v) is 8.96. The van der Waals surface area contributed by atoms with Gasteiger partial charge in [-0.15, -0.1) is 0 Å². The van der Waals surface area contributed by atoms with E-state index in [1.807, 2.05) is 0 Å². The van der Waals surface area contributed by atoms with Crippen molar-refractivity contribution in [3.63, 3.8) is 0 Å². The summed E-state index contributed by atoms with van der Waals surface area (Å²) in [7, 11) is 0. The lowest BCUT2D eigenvalue weighted by Crippen LogP contribution is -2.54. The first kappa shape index (κ1) is 19.2. The van der Waals surface area contributed by atoms with Crippen LogP contribution in [-0.2, 0) is 19.2 Å². The molecule has 0 aromatic rings. The normalized spacial score (nSPS) is 44.8. The molecule has 3 saturated heterocycles. The zero-order valence-corrected chi connectivity index (χ0v) is 18.6. The van der Waals surface area contributed by atoms with Gasteiger partial charge in [0.15, 0.2) is 0 Å². The monoisotopic (exact) mass is 434 g/mol. The smallest absolute Gasteiger partial charge is 0.240 e. The molecular formula is C26H30N2O4. The quantitative estimate of drug-likeness (QED) is 0.433. The minimum atomic E-state index is -0.638. The molecule has 4 bridgehead atoms. The summed E-state index contributed by atoms with van der Waals surface area (Å²) >= 11 is 0. The van der Waals surface area contributed by atoms with Gasteiger partial charge in [-0.1, -0.05) is 49.0 Å². The molecule has 168 valence electrons. The van der Waals surface area contributed by atoms with Gasteiger partial charge in [0, 0.05) is 13.1 Å². The van der Waals surface area contributed by atoms with Gasteiger partial charge in [0.2, 0.25) is 23.6 Å². The van der Waals surface area contributed by atoms with Gasteiger partial charge in [-0.25, -0.2) is 0 Å². The van der Waals surface area contributed by atoms with Gasteiger partial charge in [-0.2, -0.15) is 0 Å². The van der Waals surface area contributed by atoms with Gasteiger partial charge < -0.3 is 0 Å². The minimum Gasteiger partial charge on any atom is -0.281 e. The van der Waals surface area contributed by atoms with Crippen molar-refractivity contribution in [1.82, 2.24) is 9.80 Å². The second-order valence-corrected chi connectivity index (χ2v) is 11.2. The molecule has 3 aliphatic heterocycles. The molecule has 6 heteroatoms. The molecule has 6 nitrogen and oxygen atoms in total. The Kier molecular flexibility index (Phi) is 3.50. The van der Waals surface area contributed by atoms with Crippen molar-refractivity contribution in [1.29, 1.82) is 0 Å². The molecule has 2 spiro atoms. The topological polar surface area (TPSA) is 74.8 Å². The predicted molar refractivity (Wildman–Crippen MR) is 115 cm³/mol. The van der Waals surface area contributed by atoms with Crippen LogP contribution in [-0.4, -0.2) is 46.5 Å². The van der Waals surface area contributed by atoms with Crippen molar-refractivity contribution in [2.75, 3.05) is 13.1 Å². The summed E-state index contributed by atoms with van der Waals surface area (Å²) in [5.74, 6) is 0.0927. The Morgan fingerprint density at radius 1 is 0.531 bits per heavy atom. The Bertz CT molecular complexity index is 990. The van der Waals surface area contributed by atoms with Gasteiger partial charge in [0.1, 0.15) is 0 Å². The van der Waals surface area contributed by atoms with E-state index in [0.717, 1.165) is 62.5 Å². The molecule has 0 aromatic heterocycles. The summed E-state index contributed by atoms with van der Waals surface area (Å²) in [6, 6.07) is 0. The zero-order valence-electron chi connectivity index (χ0n) is 18.6. The standard InChI is InChI=1S/C26H30N2O4/c29-19-23-9-1-3-11-25(23)17(15-23)7-5-14-28-20(30)24-10-2-4-12-26(24,22(28)32)18(16-24)8-6-13-27(19)21(25)31/h15-16H,1-14H2/t23-,24-,25+,26+/m0/s1. The Labute approximate surface area is 188 Å². The Balaban J connectivity index is 1.28. The van der Waals surface area contributed by atoms with Crippen LogP contribution >= 0.6 is 0 Å². The number of hydrogen-bond acceptors (Lipinski definition) is 4. The molecule has 32 heavy (non-hydrogen) atoms. The third-order valence-electron chi connectivity index (χ3n) is 10.3. The van der Waals surface area contributed by atoms with E-state index in [9.17, 15) is 19.2 Å². The van der Waals surface area contributed by atoms with E-state index < -0.39 is 21.7 Å². The van der Waals surface area contributed by atoms with Crippen molar-refractivity contribution in [2.24, 2.45) is 21.7 Å².